The highest BCUT2D eigenvalue weighted by Gasteiger charge is 2.15. The Labute approximate surface area is 110 Å². The first-order valence-electron chi connectivity index (χ1n) is 6.37. The molecule has 1 amide bonds. The van der Waals surface area contributed by atoms with Gasteiger partial charge in [0.25, 0.3) is 0 Å². The number of nitrogens with one attached hydrogen (secondary N) is 3. The summed E-state index contributed by atoms with van der Waals surface area (Å²) in [6.45, 7) is 2.36. The second-order valence-electron chi connectivity index (χ2n) is 4.55. The van der Waals surface area contributed by atoms with Crippen LogP contribution >= 0.6 is 0 Å². The number of H-pyrrole nitrogens is 2. The van der Waals surface area contributed by atoms with Gasteiger partial charge in [-0.05, 0) is 24.6 Å². The van der Waals surface area contributed by atoms with Gasteiger partial charge < -0.3 is 21.0 Å². The predicted molar refractivity (Wildman–Crippen MR) is 75.0 cm³/mol. The fourth-order valence-electron chi connectivity index (χ4n) is 2.06. The molecule has 1 aromatic heterocycles. The molecule has 0 aliphatic carbocycles. The number of nitrogens with two attached hydrogens (primary N) is 1. The van der Waals surface area contributed by atoms with Gasteiger partial charge in [0.2, 0.25) is 5.91 Å². The Morgan fingerprint density at radius 1 is 1.37 bits per heavy atom. The van der Waals surface area contributed by atoms with E-state index in [4.69, 9.17) is 5.73 Å². The maximum absolute atomic E-state index is 12.0. The molecule has 1 atom stereocenters. The van der Waals surface area contributed by atoms with E-state index >= 15 is 0 Å². The van der Waals surface area contributed by atoms with E-state index in [0.717, 1.165) is 12.8 Å². The number of hydrogen-bond acceptors (Lipinski definition) is 3. The monoisotopic (exact) mass is 262 g/mol. The van der Waals surface area contributed by atoms with Crippen LogP contribution in [-0.2, 0) is 4.79 Å². The summed E-state index contributed by atoms with van der Waals surface area (Å²) in [5, 5.41) is 2.82. The smallest absolute Gasteiger partial charge is 0.323 e. The van der Waals surface area contributed by atoms with Crippen molar-refractivity contribution in [3.8, 4) is 0 Å². The molecular formula is C13H18N4O2. The minimum atomic E-state index is -0.260. The van der Waals surface area contributed by atoms with Gasteiger partial charge in [0.05, 0.1) is 17.0 Å². The van der Waals surface area contributed by atoms with E-state index in [-0.39, 0.29) is 17.5 Å². The molecule has 0 aliphatic heterocycles. The van der Waals surface area contributed by atoms with Gasteiger partial charge >= 0.3 is 5.69 Å². The lowest BCUT2D eigenvalue weighted by Crippen LogP contribution is -2.29. The molecule has 5 N–H and O–H groups in total. The van der Waals surface area contributed by atoms with Gasteiger partial charge in [0.1, 0.15) is 0 Å². The number of carbonyl (C=O) groups is 1. The second kappa shape index (κ2) is 5.71. The molecular weight excluding hydrogens is 244 g/mol. The summed E-state index contributed by atoms with van der Waals surface area (Å²) in [5.74, 6) is -0.257. The van der Waals surface area contributed by atoms with Crippen molar-refractivity contribution in [1.82, 2.24) is 9.97 Å². The minimum absolute atomic E-state index is 0.0819. The van der Waals surface area contributed by atoms with Crippen LogP contribution in [0.3, 0.4) is 0 Å². The van der Waals surface area contributed by atoms with Crippen LogP contribution in [0, 0.1) is 5.92 Å². The molecule has 0 aliphatic rings. The Bertz CT molecular complexity index is 629. The Morgan fingerprint density at radius 2 is 2.11 bits per heavy atom. The molecule has 2 rings (SSSR count). The number of aromatic nitrogens is 2. The molecule has 0 saturated carbocycles. The highest BCUT2D eigenvalue weighted by molar-refractivity contribution is 5.94. The van der Waals surface area contributed by atoms with Gasteiger partial charge in [-0.15, -0.1) is 0 Å². The Morgan fingerprint density at radius 3 is 2.79 bits per heavy atom. The third-order valence-electron chi connectivity index (χ3n) is 3.08. The summed E-state index contributed by atoms with van der Waals surface area (Å²) in [6.07, 6.45) is 1.69. The van der Waals surface area contributed by atoms with E-state index in [2.05, 4.69) is 15.3 Å². The van der Waals surface area contributed by atoms with Gasteiger partial charge in [0, 0.05) is 12.2 Å². The number of hydrogen-bond donors (Lipinski definition) is 4. The summed E-state index contributed by atoms with van der Waals surface area (Å²) in [6, 6.07) is 5.23. The normalized spacial score (nSPS) is 12.5. The molecule has 0 spiro atoms. The van der Waals surface area contributed by atoms with Crippen molar-refractivity contribution in [2.24, 2.45) is 11.7 Å². The maximum Gasteiger partial charge on any atom is 0.323 e. The number of carbonyl (C=O) groups excluding carboxylic acids is 1. The quantitative estimate of drug-likeness (QED) is 0.650. The molecule has 0 fully saturated rings. The van der Waals surface area contributed by atoms with Gasteiger partial charge in [-0.3, -0.25) is 4.79 Å². The summed E-state index contributed by atoms with van der Waals surface area (Å²) in [5.41, 5.74) is 7.37. The standard InChI is InChI=1S/C13H18N4O2/c1-2-3-8(7-14)12(18)15-9-4-5-10-11(6-9)17-13(19)16-10/h4-6,8H,2-3,7,14H2,1H3,(H,15,18)(H2,16,17,19). The van der Waals surface area contributed by atoms with Crippen LogP contribution in [-0.4, -0.2) is 22.4 Å². The lowest BCUT2D eigenvalue weighted by molar-refractivity contribution is -0.119. The lowest BCUT2D eigenvalue weighted by atomic mass is 10.0. The van der Waals surface area contributed by atoms with Gasteiger partial charge in [-0.2, -0.15) is 0 Å². The van der Waals surface area contributed by atoms with Gasteiger partial charge in [-0.1, -0.05) is 13.3 Å². The Kier molecular flexibility index (Phi) is 4.01. The maximum atomic E-state index is 12.0. The first kappa shape index (κ1) is 13.4. The zero-order valence-electron chi connectivity index (χ0n) is 10.8. The molecule has 1 aromatic carbocycles. The molecule has 0 radical (unpaired) electrons. The number of anilines is 1. The van der Waals surface area contributed by atoms with E-state index < -0.39 is 0 Å². The lowest BCUT2D eigenvalue weighted by Gasteiger charge is -2.13. The zero-order chi connectivity index (χ0) is 13.8. The second-order valence-corrected chi connectivity index (χ2v) is 4.55. The Hall–Kier alpha value is -2.08. The van der Waals surface area contributed by atoms with Gasteiger partial charge in [0.15, 0.2) is 0 Å². The number of amides is 1. The fraction of sp³-hybridized carbons (Fsp3) is 0.385. The van der Waals surface area contributed by atoms with Crippen LogP contribution in [0.5, 0.6) is 0 Å². The molecule has 2 aromatic rings. The molecule has 19 heavy (non-hydrogen) atoms. The van der Waals surface area contributed by atoms with Crippen molar-refractivity contribution < 1.29 is 4.79 Å². The largest absolute Gasteiger partial charge is 0.330 e. The number of rotatable bonds is 5. The molecule has 0 saturated heterocycles. The molecule has 1 unspecified atom stereocenters. The number of fused-ring (bicyclic) bond motifs is 1. The average molecular weight is 262 g/mol. The van der Waals surface area contributed by atoms with Crippen molar-refractivity contribution in [2.75, 3.05) is 11.9 Å². The molecule has 0 bridgehead atoms. The van der Waals surface area contributed by atoms with Crippen molar-refractivity contribution in [1.29, 1.82) is 0 Å². The van der Waals surface area contributed by atoms with E-state index in [9.17, 15) is 9.59 Å². The van der Waals surface area contributed by atoms with Crippen molar-refractivity contribution >= 4 is 22.6 Å². The highest BCUT2D eigenvalue weighted by atomic mass is 16.2. The Balaban J connectivity index is 2.16. The average Bonchev–Trinajstić information content (AvgIpc) is 2.75. The third kappa shape index (κ3) is 3.03. The predicted octanol–water partition coefficient (Wildman–Crippen LogP) is 1.17. The van der Waals surface area contributed by atoms with E-state index in [0.29, 0.717) is 23.3 Å². The highest BCUT2D eigenvalue weighted by Crippen LogP contribution is 2.16. The summed E-state index contributed by atoms with van der Waals surface area (Å²) in [7, 11) is 0. The zero-order valence-corrected chi connectivity index (χ0v) is 10.8. The molecule has 6 nitrogen and oxygen atoms in total. The number of benzene rings is 1. The van der Waals surface area contributed by atoms with Crippen LogP contribution in [0.2, 0.25) is 0 Å². The number of imidazole rings is 1. The van der Waals surface area contributed by atoms with E-state index in [1.807, 2.05) is 6.92 Å². The first-order chi connectivity index (χ1) is 9.13. The third-order valence-corrected chi connectivity index (χ3v) is 3.08. The molecule has 1 heterocycles. The first-order valence-corrected chi connectivity index (χ1v) is 6.37. The minimum Gasteiger partial charge on any atom is -0.330 e. The number of aromatic amines is 2. The topological polar surface area (TPSA) is 104 Å². The fourth-order valence-corrected chi connectivity index (χ4v) is 2.06. The van der Waals surface area contributed by atoms with Crippen molar-refractivity contribution in [2.45, 2.75) is 19.8 Å². The molecule has 6 heteroatoms. The summed E-state index contributed by atoms with van der Waals surface area (Å²) in [4.78, 5) is 28.5. The van der Waals surface area contributed by atoms with Crippen LogP contribution in [0.1, 0.15) is 19.8 Å². The van der Waals surface area contributed by atoms with E-state index in [1.165, 1.54) is 0 Å². The summed E-state index contributed by atoms with van der Waals surface area (Å²) >= 11 is 0. The summed E-state index contributed by atoms with van der Waals surface area (Å²) < 4.78 is 0. The van der Waals surface area contributed by atoms with Crippen molar-refractivity contribution in [3.63, 3.8) is 0 Å². The van der Waals surface area contributed by atoms with E-state index in [1.54, 1.807) is 18.2 Å². The van der Waals surface area contributed by atoms with Gasteiger partial charge in [-0.25, -0.2) is 4.79 Å². The van der Waals surface area contributed by atoms with Crippen LogP contribution in [0.15, 0.2) is 23.0 Å². The van der Waals surface area contributed by atoms with Crippen LogP contribution in [0.4, 0.5) is 5.69 Å². The van der Waals surface area contributed by atoms with Crippen LogP contribution in [0.25, 0.3) is 11.0 Å². The molecule has 102 valence electrons. The van der Waals surface area contributed by atoms with Crippen LogP contribution < -0.4 is 16.7 Å². The SMILES string of the molecule is CCCC(CN)C(=O)Nc1ccc2[nH]c(=O)[nH]c2c1. The van der Waals surface area contributed by atoms with Crippen molar-refractivity contribution in [3.05, 3.63) is 28.7 Å².